The zero-order chi connectivity index (χ0) is 16.6. The smallest absolute Gasteiger partial charge is 0.340 e. The number of hydrogen-bond acceptors (Lipinski definition) is 4. The summed E-state index contributed by atoms with van der Waals surface area (Å²) in [5, 5.41) is 0. The highest BCUT2D eigenvalue weighted by Crippen LogP contribution is 2.38. The van der Waals surface area contributed by atoms with Gasteiger partial charge in [-0.05, 0) is 33.3 Å². The summed E-state index contributed by atoms with van der Waals surface area (Å²) < 4.78 is 10.9. The molecule has 0 N–H and O–H groups in total. The first-order valence-electron chi connectivity index (χ1n) is 8.18. The molecule has 23 heavy (non-hydrogen) atoms. The average Bonchev–Trinajstić information content (AvgIpc) is 3.08. The summed E-state index contributed by atoms with van der Waals surface area (Å²) in [7, 11) is 0. The maximum atomic E-state index is 12.9. The Morgan fingerprint density at radius 1 is 1.43 bits per heavy atom. The number of fused-ring (bicyclic) bond motifs is 1. The van der Waals surface area contributed by atoms with Gasteiger partial charge in [0.2, 0.25) is 0 Å². The fourth-order valence-electron chi connectivity index (χ4n) is 3.40. The van der Waals surface area contributed by atoms with Crippen molar-refractivity contribution in [3.8, 4) is 0 Å². The molecule has 1 fully saturated rings. The summed E-state index contributed by atoms with van der Waals surface area (Å²) in [4.78, 5) is 26.9. The monoisotopic (exact) mass is 317 g/mol. The third-order valence-electron chi connectivity index (χ3n) is 4.63. The highest BCUT2D eigenvalue weighted by molar-refractivity contribution is 6.08. The summed E-state index contributed by atoms with van der Waals surface area (Å²) in [6, 6.07) is 5.40. The predicted octanol–water partition coefficient (Wildman–Crippen LogP) is 2.59. The van der Waals surface area contributed by atoms with Gasteiger partial charge in [-0.3, -0.25) is 4.79 Å². The highest BCUT2D eigenvalue weighted by atomic mass is 16.6. The molecule has 1 aromatic rings. The van der Waals surface area contributed by atoms with E-state index in [0.29, 0.717) is 43.3 Å². The van der Waals surface area contributed by atoms with Gasteiger partial charge in [0, 0.05) is 31.2 Å². The number of cyclic esters (lactones) is 1. The number of esters is 1. The van der Waals surface area contributed by atoms with Crippen LogP contribution < -0.4 is 0 Å². The van der Waals surface area contributed by atoms with Crippen molar-refractivity contribution < 1.29 is 19.1 Å². The van der Waals surface area contributed by atoms with Gasteiger partial charge >= 0.3 is 5.97 Å². The van der Waals surface area contributed by atoms with Crippen molar-refractivity contribution in [1.29, 1.82) is 0 Å². The SMILES string of the molecule is CCOC[C@H]1CCN(C(=O)c2cccc3c2C(=O)OC3(C)C)C1. The number of amides is 1. The van der Waals surface area contributed by atoms with E-state index in [0.717, 1.165) is 12.0 Å². The number of likely N-dealkylation sites (tertiary alicyclic amines) is 1. The number of hydrogen-bond donors (Lipinski definition) is 0. The van der Waals surface area contributed by atoms with Crippen molar-refractivity contribution in [3.63, 3.8) is 0 Å². The summed E-state index contributed by atoms with van der Waals surface area (Å²) in [5.41, 5.74) is 0.995. The van der Waals surface area contributed by atoms with E-state index in [1.807, 2.05) is 37.8 Å². The van der Waals surface area contributed by atoms with E-state index in [9.17, 15) is 9.59 Å². The van der Waals surface area contributed by atoms with E-state index in [1.54, 1.807) is 6.07 Å². The molecule has 0 aromatic heterocycles. The molecule has 1 atom stereocenters. The van der Waals surface area contributed by atoms with Crippen LogP contribution in [0.2, 0.25) is 0 Å². The fourth-order valence-corrected chi connectivity index (χ4v) is 3.40. The molecule has 1 aromatic carbocycles. The van der Waals surface area contributed by atoms with Crippen molar-refractivity contribution in [3.05, 3.63) is 34.9 Å². The Morgan fingerprint density at radius 2 is 2.22 bits per heavy atom. The largest absolute Gasteiger partial charge is 0.451 e. The van der Waals surface area contributed by atoms with Crippen LogP contribution in [0.5, 0.6) is 0 Å². The Bertz CT molecular complexity index is 638. The predicted molar refractivity (Wildman–Crippen MR) is 85.4 cm³/mol. The second-order valence-electron chi connectivity index (χ2n) is 6.69. The highest BCUT2D eigenvalue weighted by Gasteiger charge is 2.41. The number of carbonyl (C=O) groups excluding carboxylic acids is 2. The first-order chi connectivity index (χ1) is 10.9. The Hall–Kier alpha value is -1.88. The van der Waals surface area contributed by atoms with E-state index in [4.69, 9.17) is 9.47 Å². The first-order valence-corrected chi connectivity index (χ1v) is 8.18. The minimum atomic E-state index is -0.675. The van der Waals surface area contributed by atoms with E-state index in [2.05, 4.69) is 0 Å². The summed E-state index contributed by atoms with van der Waals surface area (Å²) in [6.45, 7) is 8.43. The molecule has 1 saturated heterocycles. The molecule has 0 radical (unpaired) electrons. The van der Waals surface area contributed by atoms with Crippen molar-refractivity contribution in [2.75, 3.05) is 26.3 Å². The van der Waals surface area contributed by atoms with Crippen LogP contribution in [0.4, 0.5) is 0 Å². The van der Waals surface area contributed by atoms with Gasteiger partial charge < -0.3 is 14.4 Å². The molecule has 0 spiro atoms. The zero-order valence-electron chi connectivity index (χ0n) is 13.9. The Kier molecular flexibility index (Phi) is 4.15. The molecule has 124 valence electrons. The molecule has 5 heteroatoms. The van der Waals surface area contributed by atoms with Gasteiger partial charge in [-0.15, -0.1) is 0 Å². The number of rotatable bonds is 4. The van der Waals surface area contributed by atoms with Crippen molar-refractivity contribution >= 4 is 11.9 Å². The Morgan fingerprint density at radius 3 is 2.96 bits per heavy atom. The standard InChI is InChI=1S/C18H23NO4/c1-4-22-11-12-8-9-19(10-12)16(20)13-6-5-7-14-15(13)17(21)23-18(14,2)3/h5-7,12H,4,8-11H2,1-3H3/t12-/m0/s1. The van der Waals surface area contributed by atoms with Crippen LogP contribution >= 0.6 is 0 Å². The molecule has 0 saturated carbocycles. The molecule has 0 aliphatic carbocycles. The molecular formula is C18H23NO4. The first kappa shape index (κ1) is 16.0. The maximum Gasteiger partial charge on any atom is 0.340 e. The van der Waals surface area contributed by atoms with Gasteiger partial charge in [-0.1, -0.05) is 12.1 Å². The molecule has 1 amide bonds. The van der Waals surface area contributed by atoms with Gasteiger partial charge in [0.1, 0.15) is 5.60 Å². The lowest BCUT2D eigenvalue weighted by molar-refractivity contribution is 0.00943. The topological polar surface area (TPSA) is 55.8 Å². The number of benzene rings is 1. The molecule has 0 bridgehead atoms. The van der Waals surface area contributed by atoms with Crippen molar-refractivity contribution in [2.45, 2.75) is 32.8 Å². The fraction of sp³-hybridized carbons (Fsp3) is 0.556. The third kappa shape index (κ3) is 2.85. The Balaban J connectivity index is 1.83. The quantitative estimate of drug-likeness (QED) is 0.801. The van der Waals surface area contributed by atoms with Gasteiger partial charge in [0.15, 0.2) is 0 Å². The molecule has 2 aliphatic heterocycles. The van der Waals surface area contributed by atoms with E-state index >= 15 is 0 Å². The molecule has 3 rings (SSSR count). The van der Waals surface area contributed by atoms with Crippen LogP contribution in [0.1, 0.15) is 53.5 Å². The maximum absolute atomic E-state index is 12.9. The number of nitrogens with zero attached hydrogens (tertiary/aromatic N) is 1. The lowest BCUT2D eigenvalue weighted by Gasteiger charge is -2.19. The molecule has 2 aliphatic rings. The third-order valence-corrected chi connectivity index (χ3v) is 4.63. The average molecular weight is 317 g/mol. The zero-order valence-corrected chi connectivity index (χ0v) is 13.9. The van der Waals surface area contributed by atoms with Crippen LogP contribution in [0.25, 0.3) is 0 Å². The van der Waals surface area contributed by atoms with Crippen LogP contribution in [-0.4, -0.2) is 43.1 Å². The van der Waals surface area contributed by atoms with Gasteiger partial charge in [0.25, 0.3) is 5.91 Å². The lowest BCUT2D eigenvalue weighted by Crippen LogP contribution is -2.30. The van der Waals surface area contributed by atoms with Gasteiger partial charge in [-0.2, -0.15) is 0 Å². The number of ether oxygens (including phenoxy) is 2. The summed E-state index contributed by atoms with van der Waals surface area (Å²) in [6.07, 6.45) is 0.941. The van der Waals surface area contributed by atoms with E-state index in [-0.39, 0.29) is 5.91 Å². The summed E-state index contributed by atoms with van der Waals surface area (Å²) >= 11 is 0. The van der Waals surface area contributed by atoms with Crippen molar-refractivity contribution in [2.24, 2.45) is 5.92 Å². The van der Waals surface area contributed by atoms with E-state index < -0.39 is 11.6 Å². The van der Waals surface area contributed by atoms with Crippen molar-refractivity contribution in [1.82, 2.24) is 4.90 Å². The van der Waals surface area contributed by atoms with Crippen LogP contribution in [0.15, 0.2) is 18.2 Å². The molecule has 0 unspecified atom stereocenters. The molecular weight excluding hydrogens is 294 g/mol. The second-order valence-corrected chi connectivity index (χ2v) is 6.69. The minimum absolute atomic E-state index is 0.0875. The normalized spacial score (nSPS) is 22.1. The van der Waals surface area contributed by atoms with Crippen LogP contribution in [-0.2, 0) is 15.1 Å². The Labute approximate surface area is 136 Å². The van der Waals surface area contributed by atoms with Crippen LogP contribution in [0, 0.1) is 5.92 Å². The minimum Gasteiger partial charge on any atom is -0.451 e. The van der Waals surface area contributed by atoms with Gasteiger partial charge in [-0.25, -0.2) is 4.79 Å². The van der Waals surface area contributed by atoms with Crippen LogP contribution in [0.3, 0.4) is 0 Å². The number of carbonyl (C=O) groups is 2. The lowest BCUT2D eigenvalue weighted by atomic mass is 9.92. The molecule has 2 heterocycles. The molecule has 5 nitrogen and oxygen atoms in total. The summed E-state index contributed by atoms with van der Waals surface area (Å²) in [5.74, 6) is -0.117. The van der Waals surface area contributed by atoms with E-state index in [1.165, 1.54) is 0 Å². The second kappa shape index (κ2) is 5.96. The van der Waals surface area contributed by atoms with Gasteiger partial charge in [0.05, 0.1) is 17.7 Å².